The van der Waals surface area contributed by atoms with Gasteiger partial charge in [0.25, 0.3) is 0 Å². The van der Waals surface area contributed by atoms with E-state index in [-0.39, 0.29) is 11.4 Å². The van der Waals surface area contributed by atoms with Crippen molar-refractivity contribution in [2.75, 3.05) is 7.11 Å². The van der Waals surface area contributed by atoms with Gasteiger partial charge in [-0.1, -0.05) is 27.7 Å². The molecule has 1 aromatic heterocycles. The van der Waals surface area contributed by atoms with E-state index in [4.69, 9.17) is 4.74 Å². The van der Waals surface area contributed by atoms with E-state index >= 15 is 0 Å². The van der Waals surface area contributed by atoms with Crippen LogP contribution in [0.15, 0.2) is 24.0 Å². The molecule has 1 atom stereocenters. The summed E-state index contributed by atoms with van der Waals surface area (Å²) in [5.74, 6) is 0.649. The van der Waals surface area contributed by atoms with E-state index < -0.39 is 11.0 Å². The highest BCUT2D eigenvalue weighted by Gasteiger charge is 2.48. The fraction of sp³-hybridized carbons (Fsp3) is 0.529. The van der Waals surface area contributed by atoms with Crippen molar-refractivity contribution in [3.8, 4) is 6.07 Å². The molecule has 1 aliphatic carbocycles. The lowest BCUT2D eigenvalue weighted by molar-refractivity contribution is -0.129. The van der Waals surface area contributed by atoms with Gasteiger partial charge in [0.1, 0.15) is 11.7 Å². The van der Waals surface area contributed by atoms with Gasteiger partial charge in [-0.05, 0) is 24.0 Å². The summed E-state index contributed by atoms with van der Waals surface area (Å²) in [6.07, 6.45) is 5.51. The van der Waals surface area contributed by atoms with Crippen LogP contribution in [-0.2, 0) is 15.1 Å². The van der Waals surface area contributed by atoms with E-state index in [0.29, 0.717) is 18.2 Å². The van der Waals surface area contributed by atoms with Crippen molar-refractivity contribution in [1.29, 1.82) is 5.26 Å². The molecule has 5 nitrogen and oxygen atoms in total. The van der Waals surface area contributed by atoms with Gasteiger partial charge in [-0.2, -0.15) is 5.26 Å². The largest absolute Gasteiger partial charge is 0.366 e. The molecule has 22 heavy (non-hydrogen) atoms. The molecule has 116 valence electrons. The number of Topliss-reactive ketones (excluding diaryl/α,β-unsaturated/α-hetero) is 1. The molecule has 0 aliphatic heterocycles. The average molecular weight is 299 g/mol. The van der Waals surface area contributed by atoms with Crippen LogP contribution in [0.1, 0.15) is 51.4 Å². The molecule has 1 aromatic rings. The number of hydrogen-bond acceptors (Lipinski definition) is 5. The highest BCUT2D eigenvalue weighted by atomic mass is 16.5. The van der Waals surface area contributed by atoms with E-state index in [1.54, 1.807) is 25.6 Å². The third-order valence-electron chi connectivity index (χ3n) is 4.14. The van der Waals surface area contributed by atoms with Crippen molar-refractivity contribution in [3.63, 3.8) is 0 Å². The molecule has 0 radical (unpaired) electrons. The van der Waals surface area contributed by atoms with Crippen molar-refractivity contribution in [3.05, 3.63) is 35.4 Å². The van der Waals surface area contributed by atoms with E-state index in [0.717, 1.165) is 5.56 Å². The van der Waals surface area contributed by atoms with Gasteiger partial charge in [0.05, 0.1) is 5.57 Å². The Morgan fingerprint density at radius 3 is 2.36 bits per heavy atom. The van der Waals surface area contributed by atoms with E-state index in [9.17, 15) is 10.1 Å². The minimum atomic E-state index is -0.946. The molecule has 1 heterocycles. The van der Waals surface area contributed by atoms with Crippen LogP contribution < -0.4 is 0 Å². The van der Waals surface area contributed by atoms with Gasteiger partial charge in [-0.15, -0.1) is 0 Å². The number of methoxy groups -OCH3 is 1. The molecule has 0 N–H and O–H groups in total. The summed E-state index contributed by atoms with van der Waals surface area (Å²) < 4.78 is 5.68. The standard InChI is InChI=1S/C17H21N3O2/c1-11(2)13-8-19-15(20-9-13)17(22-5)6-12(7-18)14(21)16(3,4)10-17/h6,8-9,11H,10H2,1-5H3. The number of allylic oxidation sites excluding steroid dienone is 1. The van der Waals surface area contributed by atoms with Gasteiger partial charge in [0.2, 0.25) is 0 Å². The van der Waals surface area contributed by atoms with Crippen LogP contribution in [0.5, 0.6) is 0 Å². The predicted molar refractivity (Wildman–Crippen MR) is 81.9 cm³/mol. The Labute approximate surface area is 131 Å². The zero-order valence-electron chi connectivity index (χ0n) is 13.7. The number of ketones is 1. The third kappa shape index (κ3) is 2.67. The highest BCUT2D eigenvalue weighted by molar-refractivity contribution is 6.03. The Hall–Kier alpha value is -2.06. The van der Waals surface area contributed by atoms with Crippen LogP contribution in [0.4, 0.5) is 0 Å². The summed E-state index contributed by atoms with van der Waals surface area (Å²) in [5.41, 5.74) is -0.506. The van der Waals surface area contributed by atoms with E-state index in [1.807, 2.05) is 19.9 Å². The molecule has 1 aliphatic rings. The van der Waals surface area contributed by atoms with Crippen molar-refractivity contribution < 1.29 is 9.53 Å². The van der Waals surface area contributed by atoms with E-state index in [2.05, 4.69) is 23.8 Å². The van der Waals surface area contributed by atoms with Gasteiger partial charge >= 0.3 is 0 Å². The number of nitriles is 1. The SMILES string of the molecule is COC1(c2ncc(C(C)C)cn2)C=C(C#N)C(=O)C(C)(C)C1. The fourth-order valence-corrected chi connectivity index (χ4v) is 2.75. The number of carbonyl (C=O) groups is 1. The predicted octanol–water partition coefficient (Wildman–Crippen LogP) is 2.89. The molecule has 0 saturated heterocycles. The number of ether oxygens (including phenoxy) is 1. The summed E-state index contributed by atoms with van der Waals surface area (Å²) in [6.45, 7) is 7.77. The smallest absolute Gasteiger partial charge is 0.178 e. The molecule has 0 aromatic carbocycles. The Balaban J connectivity index is 2.55. The molecular weight excluding hydrogens is 278 g/mol. The van der Waals surface area contributed by atoms with E-state index in [1.165, 1.54) is 0 Å². The summed E-state index contributed by atoms with van der Waals surface area (Å²) in [4.78, 5) is 21.1. The fourth-order valence-electron chi connectivity index (χ4n) is 2.75. The Kier molecular flexibility index (Phi) is 4.17. The first-order valence-corrected chi connectivity index (χ1v) is 7.31. The second-order valence-electron chi connectivity index (χ2n) is 6.65. The van der Waals surface area contributed by atoms with Crippen LogP contribution in [-0.4, -0.2) is 22.9 Å². The Morgan fingerprint density at radius 1 is 1.32 bits per heavy atom. The zero-order chi connectivity index (χ0) is 16.5. The maximum absolute atomic E-state index is 12.3. The molecule has 0 spiro atoms. The summed E-state index contributed by atoms with van der Waals surface area (Å²) in [5, 5.41) is 9.25. The molecule has 2 rings (SSSR count). The summed E-state index contributed by atoms with van der Waals surface area (Å²) >= 11 is 0. The van der Waals surface area contributed by atoms with Crippen LogP contribution in [0, 0.1) is 16.7 Å². The quantitative estimate of drug-likeness (QED) is 0.857. The lowest BCUT2D eigenvalue weighted by atomic mass is 9.69. The Morgan fingerprint density at radius 2 is 1.91 bits per heavy atom. The third-order valence-corrected chi connectivity index (χ3v) is 4.14. The minimum Gasteiger partial charge on any atom is -0.366 e. The first kappa shape index (κ1) is 16.3. The number of nitrogens with zero attached hydrogens (tertiary/aromatic N) is 3. The van der Waals surface area contributed by atoms with Crippen LogP contribution >= 0.6 is 0 Å². The normalized spacial score (nSPS) is 24.0. The summed E-state index contributed by atoms with van der Waals surface area (Å²) in [6, 6.07) is 1.97. The molecule has 5 heteroatoms. The first-order valence-electron chi connectivity index (χ1n) is 7.31. The van der Waals surface area contributed by atoms with Crippen LogP contribution in [0.2, 0.25) is 0 Å². The molecule has 0 saturated carbocycles. The maximum Gasteiger partial charge on any atom is 0.178 e. The topological polar surface area (TPSA) is 75.9 Å². The minimum absolute atomic E-state index is 0.106. The lowest BCUT2D eigenvalue weighted by Crippen LogP contribution is -2.43. The van der Waals surface area contributed by atoms with Gasteiger partial charge in [0, 0.05) is 24.9 Å². The number of rotatable bonds is 3. The van der Waals surface area contributed by atoms with Crippen molar-refractivity contribution in [1.82, 2.24) is 9.97 Å². The average Bonchev–Trinajstić information content (AvgIpc) is 2.50. The number of aromatic nitrogens is 2. The maximum atomic E-state index is 12.3. The lowest BCUT2D eigenvalue weighted by Gasteiger charge is -2.38. The van der Waals surface area contributed by atoms with Crippen molar-refractivity contribution in [2.45, 2.75) is 45.6 Å². The first-order chi connectivity index (χ1) is 10.3. The molecular formula is C17H21N3O2. The zero-order valence-corrected chi connectivity index (χ0v) is 13.7. The number of hydrogen-bond donors (Lipinski definition) is 0. The van der Waals surface area contributed by atoms with Gasteiger partial charge in [-0.25, -0.2) is 9.97 Å². The second-order valence-corrected chi connectivity index (χ2v) is 6.65. The molecule has 0 amide bonds. The molecule has 0 fully saturated rings. The monoisotopic (exact) mass is 299 g/mol. The summed E-state index contributed by atoms with van der Waals surface area (Å²) in [7, 11) is 1.55. The second kappa shape index (κ2) is 5.62. The van der Waals surface area contributed by atoms with Gasteiger partial charge in [-0.3, -0.25) is 4.79 Å². The van der Waals surface area contributed by atoms with Crippen LogP contribution in [0.25, 0.3) is 0 Å². The van der Waals surface area contributed by atoms with Crippen molar-refractivity contribution in [2.24, 2.45) is 5.41 Å². The van der Waals surface area contributed by atoms with Crippen molar-refractivity contribution >= 4 is 5.78 Å². The van der Waals surface area contributed by atoms with Gasteiger partial charge < -0.3 is 4.74 Å². The number of carbonyl (C=O) groups excluding carboxylic acids is 1. The molecule has 0 bridgehead atoms. The molecule has 1 unspecified atom stereocenters. The Bertz CT molecular complexity index is 653. The van der Waals surface area contributed by atoms with Crippen LogP contribution in [0.3, 0.4) is 0 Å². The highest BCUT2D eigenvalue weighted by Crippen LogP contribution is 2.44. The van der Waals surface area contributed by atoms with Gasteiger partial charge in [0.15, 0.2) is 11.6 Å².